The fraction of sp³-hybridized carbons (Fsp3) is 0.318. The standard InChI is InChI=1S/C44H48N2O8/c1-5-51-41(47)39(42(48)52-6-2)35(31-21-13-9-14-22-31)29-37(33-25-17-11-18-26-33)45-46-38(34-27-19-12-20-28-34)30-36(32-23-15-10-16-24-32)40(43(49)53-7-3)44(50)54-8-4/h9-28,35-36,39-40H,5-8,29-30H2,1-4H3/b45-37+,46-38+. The summed E-state index contributed by atoms with van der Waals surface area (Å²) in [6.07, 6.45) is 0.219. The Bertz CT molecular complexity index is 1670. The molecule has 2 unspecified atom stereocenters. The van der Waals surface area contributed by atoms with E-state index in [1.807, 2.05) is 121 Å². The van der Waals surface area contributed by atoms with Crippen LogP contribution < -0.4 is 0 Å². The number of carbonyl (C=O) groups is 4. The van der Waals surface area contributed by atoms with Crippen LogP contribution in [0.2, 0.25) is 0 Å². The highest BCUT2D eigenvalue weighted by Gasteiger charge is 2.41. The largest absolute Gasteiger partial charge is 0.465 e. The fourth-order valence-corrected chi connectivity index (χ4v) is 6.27. The van der Waals surface area contributed by atoms with Gasteiger partial charge < -0.3 is 18.9 Å². The number of hydrogen-bond donors (Lipinski definition) is 0. The number of ether oxygens (including phenoxy) is 4. The smallest absolute Gasteiger partial charge is 0.320 e. The second kappa shape index (κ2) is 21.6. The van der Waals surface area contributed by atoms with Crippen LogP contribution in [0.1, 0.15) is 74.6 Å². The summed E-state index contributed by atoms with van der Waals surface area (Å²) in [5, 5.41) is 9.73. The Morgan fingerprint density at radius 3 is 0.944 bits per heavy atom. The highest BCUT2D eigenvalue weighted by Crippen LogP contribution is 2.34. The highest BCUT2D eigenvalue weighted by molar-refractivity contribution is 6.06. The molecule has 0 aliphatic carbocycles. The van der Waals surface area contributed by atoms with Crippen molar-refractivity contribution >= 4 is 35.3 Å². The topological polar surface area (TPSA) is 130 Å². The van der Waals surface area contributed by atoms with Crippen molar-refractivity contribution in [1.82, 2.24) is 0 Å². The molecule has 0 aromatic heterocycles. The summed E-state index contributed by atoms with van der Waals surface area (Å²) in [5.74, 6) is -6.80. The SMILES string of the molecule is CCOC(=O)C(C(=O)OCC)C(C/C(=N\N=C(/CC(c1ccccc1)C(C(=O)OCC)C(=O)OCC)c1ccccc1)c1ccccc1)c1ccccc1. The van der Waals surface area contributed by atoms with E-state index in [-0.39, 0.29) is 39.3 Å². The van der Waals surface area contributed by atoms with E-state index in [0.29, 0.717) is 11.4 Å². The number of rotatable bonds is 19. The van der Waals surface area contributed by atoms with Gasteiger partial charge in [0.05, 0.1) is 37.9 Å². The van der Waals surface area contributed by atoms with Gasteiger partial charge >= 0.3 is 23.9 Å². The summed E-state index contributed by atoms with van der Waals surface area (Å²) in [7, 11) is 0. The van der Waals surface area contributed by atoms with Gasteiger partial charge in [0.25, 0.3) is 0 Å². The maximum atomic E-state index is 13.5. The minimum absolute atomic E-state index is 0.0851. The molecule has 0 aliphatic heterocycles. The van der Waals surface area contributed by atoms with Crippen LogP contribution in [0.5, 0.6) is 0 Å². The Morgan fingerprint density at radius 2 is 0.685 bits per heavy atom. The zero-order valence-corrected chi connectivity index (χ0v) is 31.3. The van der Waals surface area contributed by atoms with Gasteiger partial charge in [-0.2, -0.15) is 10.2 Å². The van der Waals surface area contributed by atoms with E-state index < -0.39 is 47.5 Å². The van der Waals surface area contributed by atoms with Crippen LogP contribution in [0.3, 0.4) is 0 Å². The van der Waals surface area contributed by atoms with E-state index in [4.69, 9.17) is 29.2 Å². The van der Waals surface area contributed by atoms with Crippen molar-refractivity contribution < 1.29 is 38.1 Å². The molecule has 10 heteroatoms. The maximum absolute atomic E-state index is 13.5. The lowest BCUT2D eigenvalue weighted by Gasteiger charge is -2.26. The molecule has 0 amide bonds. The van der Waals surface area contributed by atoms with Crippen molar-refractivity contribution in [2.75, 3.05) is 26.4 Å². The molecule has 10 nitrogen and oxygen atoms in total. The second-order valence-electron chi connectivity index (χ2n) is 12.2. The Kier molecular flexibility index (Phi) is 16.3. The van der Waals surface area contributed by atoms with Crippen molar-refractivity contribution in [3.63, 3.8) is 0 Å². The van der Waals surface area contributed by atoms with Crippen molar-refractivity contribution in [1.29, 1.82) is 0 Å². The van der Waals surface area contributed by atoms with Crippen LogP contribution in [0, 0.1) is 11.8 Å². The molecule has 0 radical (unpaired) electrons. The van der Waals surface area contributed by atoms with Crippen LogP contribution in [0.15, 0.2) is 132 Å². The van der Waals surface area contributed by atoms with Crippen LogP contribution in [-0.4, -0.2) is 61.7 Å². The number of hydrogen-bond acceptors (Lipinski definition) is 10. The molecule has 0 aliphatic rings. The summed E-state index contributed by atoms with van der Waals surface area (Å²) in [5.41, 5.74) is 3.85. The van der Waals surface area contributed by atoms with Crippen LogP contribution in [0.25, 0.3) is 0 Å². The highest BCUT2D eigenvalue weighted by atomic mass is 16.6. The molecule has 282 valence electrons. The molecule has 4 aromatic rings. The van der Waals surface area contributed by atoms with Gasteiger partial charge in [-0.3, -0.25) is 19.2 Å². The average Bonchev–Trinajstić information content (AvgIpc) is 3.19. The summed E-state index contributed by atoms with van der Waals surface area (Å²) in [6.45, 7) is 7.08. The number of benzene rings is 4. The van der Waals surface area contributed by atoms with Crippen molar-refractivity contribution in [2.24, 2.45) is 22.0 Å². The fourth-order valence-electron chi connectivity index (χ4n) is 6.27. The third-order valence-corrected chi connectivity index (χ3v) is 8.75. The molecule has 0 fully saturated rings. The Morgan fingerprint density at radius 1 is 0.426 bits per heavy atom. The Labute approximate surface area is 317 Å². The van der Waals surface area contributed by atoms with Gasteiger partial charge in [0.1, 0.15) is 0 Å². The van der Waals surface area contributed by atoms with Gasteiger partial charge in [-0.1, -0.05) is 121 Å². The molecule has 2 atom stereocenters. The zero-order chi connectivity index (χ0) is 38.7. The van der Waals surface area contributed by atoms with E-state index in [2.05, 4.69) is 0 Å². The normalized spacial score (nSPS) is 12.9. The van der Waals surface area contributed by atoms with Gasteiger partial charge in [-0.25, -0.2) is 0 Å². The number of esters is 4. The second-order valence-corrected chi connectivity index (χ2v) is 12.2. The molecule has 0 heterocycles. The van der Waals surface area contributed by atoms with Gasteiger partial charge in [0.15, 0.2) is 11.8 Å². The van der Waals surface area contributed by atoms with E-state index in [1.165, 1.54) is 0 Å². The molecule has 0 saturated heterocycles. The molecule has 0 spiro atoms. The predicted molar refractivity (Wildman–Crippen MR) is 207 cm³/mol. The summed E-state index contributed by atoms with van der Waals surface area (Å²) in [6, 6.07) is 37.3. The van der Waals surface area contributed by atoms with Gasteiger partial charge in [0, 0.05) is 24.7 Å². The first kappa shape index (κ1) is 40.9. The quantitative estimate of drug-likeness (QED) is 0.0315. The Balaban J connectivity index is 1.93. The minimum Gasteiger partial charge on any atom is -0.465 e. The first-order valence-electron chi connectivity index (χ1n) is 18.3. The number of nitrogens with zero attached hydrogens (tertiary/aromatic N) is 2. The number of carbonyl (C=O) groups excluding carboxylic acids is 4. The zero-order valence-electron chi connectivity index (χ0n) is 31.3. The van der Waals surface area contributed by atoms with Crippen molar-refractivity contribution in [3.8, 4) is 0 Å². The van der Waals surface area contributed by atoms with E-state index in [0.717, 1.165) is 22.3 Å². The molecule has 0 N–H and O–H groups in total. The van der Waals surface area contributed by atoms with E-state index in [1.54, 1.807) is 27.7 Å². The average molecular weight is 733 g/mol. The minimum atomic E-state index is -1.28. The van der Waals surface area contributed by atoms with Gasteiger partial charge in [-0.15, -0.1) is 0 Å². The van der Waals surface area contributed by atoms with Crippen LogP contribution >= 0.6 is 0 Å². The summed E-state index contributed by atoms with van der Waals surface area (Å²) >= 11 is 0. The molecule has 0 saturated carbocycles. The van der Waals surface area contributed by atoms with Crippen LogP contribution in [0.4, 0.5) is 0 Å². The predicted octanol–water partition coefficient (Wildman–Crippen LogP) is 7.71. The first-order chi connectivity index (χ1) is 26.3. The lowest BCUT2D eigenvalue weighted by atomic mass is 9.80. The van der Waals surface area contributed by atoms with E-state index >= 15 is 0 Å². The first-order valence-corrected chi connectivity index (χ1v) is 18.3. The lowest BCUT2D eigenvalue weighted by Crippen LogP contribution is -2.35. The molecule has 54 heavy (non-hydrogen) atoms. The molecule has 4 rings (SSSR count). The Hall–Kier alpha value is -5.90. The van der Waals surface area contributed by atoms with Crippen molar-refractivity contribution in [3.05, 3.63) is 144 Å². The van der Waals surface area contributed by atoms with Gasteiger partial charge in [-0.05, 0) is 49.9 Å². The third-order valence-electron chi connectivity index (χ3n) is 8.75. The molecular weight excluding hydrogens is 684 g/mol. The van der Waals surface area contributed by atoms with Crippen LogP contribution in [-0.2, 0) is 38.1 Å². The van der Waals surface area contributed by atoms with Gasteiger partial charge in [0.2, 0.25) is 0 Å². The molecule has 0 bridgehead atoms. The van der Waals surface area contributed by atoms with Crippen molar-refractivity contribution in [2.45, 2.75) is 52.4 Å². The molecular formula is C44H48N2O8. The monoisotopic (exact) mass is 732 g/mol. The lowest BCUT2D eigenvalue weighted by molar-refractivity contribution is -0.164. The summed E-state index contributed by atoms with van der Waals surface area (Å²) in [4.78, 5) is 54.0. The molecule has 4 aromatic carbocycles. The third kappa shape index (κ3) is 11.3. The van der Waals surface area contributed by atoms with E-state index in [9.17, 15) is 19.2 Å². The summed E-state index contributed by atoms with van der Waals surface area (Å²) < 4.78 is 21.7. The maximum Gasteiger partial charge on any atom is 0.320 e.